The molecule has 0 bridgehead atoms. The van der Waals surface area contributed by atoms with Crippen LogP contribution in [0.2, 0.25) is 0 Å². The van der Waals surface area contributed by atoms with E-state index in [1.165, 1.54) is 6.21 Å². The molecule has 0 atom stereocenters. The monoisotopic (exact) mass is 771 g/mol. The normalized spacial score (nSPS) is 11.1. The van der Waals surface area contributed by atoms with Crippen molar-refractivity contribution in [3.63, 3.8) is 0 Å². The van der Waals surface area contributed by atoms with Gasteiger partial charge in [-0.15, -0.1) is 0 Å². The van der Waals surface area contributed by atoms with Crippen molar-refractivity contribution >= 4 is 11.8 Å². The first-order chi connectivity index (χ1) is 29.6. The summed E-state index contributed by atoms with van der Waals surface area (Å²) in [6.45, 7) is 4.38. The molecule has 0 aliphatic rings. The molecule has 0 fully saturated rings. The van der Waals surface area contributed by atoms with E-state index in [9.17, 15) is 0 Å². The molecule has 2 aromatic heterocycles. The Hall–Kier alpha value is -8.29. The van der Waals surface area contributed by atoms with Crippen molar-refractivity contribution < 1.29 is 0 Å². The summed E-state index contributed by atoms with van der Waals surface area (Å²) >= 11 is 0. The molecule has 9 rings (SSSR count). The number of nitrogens with one attached hydrogen (secondary N) is 1. The zero-order valence-electron chi connectivity index (χ0n) is 32.5. The van der Waals surface area contributed by atoms with Gasteiger partial charge in [0.15, 0.2) is 34.9 Å². The van der Waals surface area contributed by atoms with Crippen molar-refractivity contribution in [2.45, 2.75) is 0 Å². The van der Waals surface area contributed by atoms with Gasteiger partial charge in [0, 0.05) is 39.6 Å². The molecule has 0 saturated heterocycles. The number of rotatable bonds is 11. The van der Waals surface area contributed by atoms with Gasteiger partial charge in [-0.05, 0) is 57.7 Å². The number of benzene rings is 7. The van der Waals surface area contributed by atoms with Crippen molar-refractivity contribution in [2.24, 2.45) is 0 Å². The highest BCUT2D eigenvalue weighted by atomic mass is 15.0. The summed E-state index contributed by atoms with van der Waals surface area (Å²) in [5, 5.41) is 7.62. The molecule has 9 aromatic rings. The minimum absolute atomic E-state index is 0.569. The van der Waals surface area contributed by atoms with Crippen LogP contribution < -0.4 is 0 Å². The zero-order chi connectivity index (χ0) is 40.7. The maximum atomic E-state index is 7.62. The lowest BCUT2D eigenvalue weighted by Crippen LogP contribution is -2.01. The molecule has 284 valence electrons. The highest BCUT2D eigenvalue weighted by molar-refractivity contribution is 5.89. The van der Waals surface area contributed by atoms with Crippen LogP contribution in [0.5, 0.6) is 0 Å². The second kappa shape index (κ2) is 17.1. The number of hydrogen-bond acceptors (Lipinski definition) is 7. The Labute approximate surface area is 348 Å². The molecule has 60 heavy (non-hydrogen) atoms. The molecule has 0 saturated carbocycles. The average Bonchev–Trinajstić information content (AvgIpc) is 3.34. The third-order valence-electron chi connectivity index (χ3n) is 10.1. The van der Waals surface area contributed by atoms with Crippen LogP contribution in [0.15, 0.2) is 207 Å². The van der Waals surface area contributed by atoms with Gasteiger partial charge in [0.05, 0.1) is 0 Å². The molecule has 0 aliphatic carbocycles. The van der Waals surface area contributed by atoms with E-state index < -0.39 is 0 Å². The van der Waals surface area contributed by atoms with E-state index in [0.29, 0.717) is 34.9 Å². The van der Waals surface area contributed by atoms with Gasteiger partial charge in [-0.25, -0.2) is 29.9 Å². The fourth-order valence-electron chi connectivity index (χ4n) is 7.00. The molecule has 0 amide bonds. The van der Waals surface area contributed by atoms with Gasteiger partial charge >= 0.3 is 0 Å². The predicted molar refractivity (Wildman–Crippen MR) is 244 cm³/mol. The van der Waals surface area contributed by atoms with E-state index in [1.807, 2.05) is 140 Å². The first-order valence-corrected chi connectivity index (χ1v) is 19.6. The summed E-state index contributed by atoms with van der Waals surface area (Å²) in [6.07, 6.45) is 4.79. The van der Waals surface area contributed by atoms with Crippen LogP contribution in [0.4, 0.5) is 0 Å². The minimum atomic E-state index is 0.569. The van der Waals surface area contributed by atoms with E-state index in [1.54, 1.807) is 6.08 Å². The first kappa shape index (κ1) is 37.3. The van der Waals surface area contributed by atoms with Gasteiger partial charge < -0.3 is 5.41 Å². The van der Waals surface area contributed by atoms with Gasteiger partial charge in [-0.2, -0.15) is 0 Å². The molecule has 7 aromatic carbocycles. The van der Waals surface area contributed by atoms with E-state index >= 15 is 0 Å². The van der Waals surface area contributed by atoms with Crippen LogP contribution in [0.25, 0.3) is 96.2 Å². The maximum Gasteiger partial charge on any atom is 0.164 e. The quantitative estimate of drug-likeness (QED) is 0.104. The van der Waals surface area contributed by atoms with Crippen LogP contribution in [0, 0.1) is 5.41 Å². The molecule has 2 heterocycles. The van der Waals surface area contributed by atoms with Gasteiger partial charge in [0.2, 0.25) is 0 Å². The SMILES string of the molecule is C=C(/C=C\C=N)c1cc(-c2ccc(-c3nc(-c4ccccc4)nc(-c4ccccc4)n3)cc2)cc(-c2ccccc2-c2nc(-c3ccccc3)nc(-c3ccccc3)n2)c1. The largest absolute Gasteiger partial charge is 0.309 e. The van der Waals surface area contributed by atoms with E-state index in [2.05, 4.69) is 61.2 Å². The molecule has 7 heteroatoms. The highest BCUT2D eigenvalue weighted by Gasteiger charge is 2.18. The number of hydrogen-bond donors (Lipinski definition) is 1. The van der Waals surface area contributed by atoms with Crippen LogP contribution >= 0.6 is 0 Å². The van der Waals surface area contributed by atoms with E-state index in [0.717, 1.165) is 66.8 Å². The lowest BCUT2D eigenvalue weighted by atomic mass is 9.91. The topological polar surface area (TPSA) is 101 Å². The predicted octanol–water partition coefficient (Wildman–Crippen LogP) is 12.6. The van der Waals surface area contributed by atoms with Crippen LogP contribution in [-0.4, -0.2) is 36.1 Å². The van der Waals surface area contributed by atoms with Crippen molar-refractivity contribution in [2.75, 3.05) is 0 Å². The second-order valence-electron chi connectivity index (χ2n) is 14.0. The fraction of sp³-hybridized carbons (Fsp3) is 0. The maximum absolute atomic E-state index is 7.62. The summed E-state index contributed by atoms with van der Waals surface area (Å²) in [5.41, 5.74) is 11.0. The molecule has 0 radical (unpaired) electrons. The highest BCUT2D eigenvalue weighted by Crippen LogP contribution is 2.37. The lowest BCUT2D eigenvalue weighted by molar-refractivity contribution is 1.07. The Morgan fingerprint density at radius 3 is 1.13 bits per heavy atom. The first-order valence-electron chi connectivity index (χ1n) is 19.6. The summed E-state index contributed by atoms with van der Waals surface area (Å²) < 4.78 is 0. The number of allylic oxidation sites excluding steroid dienone is 3. The van der Waals surface area contributed by atoms with E-state index in [4.69, 9.17) is 35.3 Å². The molecule has 0 spiro atoms. The fourth-order valence-corrected chi connectivity index (χ4v) is 7.00. The van der Waals surface area contributed by atoms with Gasteiger partial charge in [0.25, 0.3) is 0 Å². The molecule has 7 nitrogen and oxygen atoms in total. The third-order valence-corrected chi connectivity index (χ3v) is 10.1. The Morgan fingerprint density at radius 1 is 0.350 bits per heavy atom. The van der Waals surface area contributed by atoms with Crippen molar-refractivity contribution in [3.8, 4) is 90.6 Å². The smallest absolute Gasteiger partial charge is 0.164 e. The molecule has 1 N–H and O–H groups in total. The molecule has 0 unspecified atom stereocenters. The molecular formula is C53H37N7. The van der Waals surface area contributed by atoms with Gasteiger partial charge in [-0.1, -0.05) is 183 Å². The Bertz CT molecular complexity index is 2870. The summed E-state index contributed by atoms with van der Waals surface area (Å²) in [4.78, 5) is 29.8. The van der Waals surface area contributed by atoms with E-state index in [-0.39, 0.29) is 0 Å². The van der Waals surface area contributed by atoms with Crippen molar-refractivity contribution in [3.05, 3.63) is 212 Å². The summed E-state index contributed by atoms with van der Waals surface area (Å²) in [5.74, 6) is 3.57. The van der Waals surface area contributed by atoms with Crippen molar-refractivity contribution in [1.82, 2.24) is 29.9 Å². The van der Waals surface area contributed by atoms with Gasteiger partial charge in [0.1, 0.15) is 0 Å². The van der Waals surface area contributed by atoms with Crippen LogP contribution in [0.1, 0.15) is 5.56 Å². The second-order valence-corrected chi connectivity index (χ2v) is 14.0. The Morgan fingerprint density at radius 2 is 0.700 bits per heavy atom. The number of aromatic nitrogens is 6. The zero-order valence-corrected chi connectivity index (χ0v) is 32.5. The standard InChI is InChI=1S/C53H37N7/c1-36(17-16-32-54)43-33-44(37-28-30-42(31-29-37)52-56-48(38-18-6-2-7-19-38)55-49(57-52)39-20-8-3-9-21-39)35-45(34-43)46-26-14-15-27-47(46)53-59-50(40-22-10-4-11-23-40)58-51(60-53)41-24-12-5-13-25-41/h2-35,54H,1H2/b17-16-,54-32?. The Kier molecular flexibility index (Phi) is 10.6. The summed E-state index contributed by atoms with van der Waals surface area (Å²) in [7, 11) is 0. The van der Waals surface area contributed by atoms with Crippen LogP contribution in [-0.2, 0) is 0 Å². The molecule has 0 aliphatic heterocycles. The third kappa shape index (κ3) is 8.09. The van der Waals surface area contributed by atoms with Gasteiger partial charge in [-0.3, -0.25) is 0 Å². The minimum Gasteiger partial charge on any atom is -0.309 e. The number of nitrogens with zero attached hydrogens (tertiary/aromatic N) is 6. The molecular weight excluding hydrogens is 735 g/mol. The van der Waals surface area contributed by atoms with Crippen molar-refractivity contribution in [1.29, 1.82) is 5.41 Å². The lowest BCUT2D eigenvalue weighted by Gasteiger charge is -2.15. The Balaban J connectivity index is 1.15. The summed E-state index contributed by atoms with van der Waals surface area (Å²) in [6, 6.07) is 62.9. The van der Waals surface area contributed by atoms with Crippen LogP contribution in [0.3, 0.4) is 0 Å². The average molecular weight is 772 g/mol.